The largest absolute Gasteiger partial charge is 0.481 e. The zero-order chi connectivity index (χ0) is 22.2. The Kier molecular flexibility index (Phi) is 5.97. The van der Waals surface area contributed by atoms with Crippen LogP contribution in [0.1, 0.15) is 52.7 Å². The van der Waals surface area contributed by atoms with Crippen molar-refractivity contribution in [1.29, 1.82) is 0 Å². The number of nitrogens with one attached hydrogen (secondary N) is 1. The van der Waals surface area contributed by atoms with E-state index < -0.39 is 26.5 Å². The van der Waals surface area contributed by atoms with E-state index in [4.69, 9.17) is 22.1 Å². The van der Waals surface area contributed by atoms with Gasteiger partial charge in [-0.3, -0.25) is 9.79 Å². The van der Waals surface area contributed by atoms with Crippen LogP contribution < -0.4 is 15.8 Å². The Labute approximate surface area is 189 Å². The molecular formula is C20H23ClN4O4S2. The molecule has 1 spiro atoms. The highest BCUT2D eigenvalue weighted by Crippen LogP contribution is 2.44. The number of amidine groups is 1. The van der Waals surface area contributed by atoms with Crippen LogP contribution in [0.5, 0.6) is 5.88 Å². The third-order valence-corrected chi connectivity index (χ3v) is 10.0. The third-order valence-electron chi connectivity index (χ3n) is 5.81. The average molecular weight is 483 g/mol. The van der Waals surface area contributed by atoms with E-state index >= 15 is 0 Å². The third kappa shape index (κ3) is 4.04. The maximum absolute atomic E-state index is 13.2. The molecule has 1 saturated carbocycles. The summed E-state index contributed by atoms with van der Waals surface area (Å²) in [6.07, 6.45) is 3.67. The van der Waals surface area contributed by atoms with E-state index in [0.717, 1.165) is 30.6 Å². The van der Waals surface area contributed by atoms with Crippen molar-refractivity contribution in [1.82, 2.24) is 4.98 Å². The van der Waals surface area contributed by atoms with Crippen LogP contribution in [0.4, 0.5) is 5.82 Å². The van der Waals surface area contributed by atoms with Gasteiger partial charge in [-0.25, -0.2) is 8.42 Å². The lowest BCUT2D eigenvalue weighted by Crippen LogP contribution is -2.55. The fourth-order valence-corrected chi connectivity index (χ4v) is 7.94. The maximum Gasteiger partial charge on any atom is 0.266 e. The fourth-order valence-electron chi connectivity index (χ4n) is 4.17. The summed E-state index contributed by atoms with van der Waals surface area (Å²) in [4.78, 5) is 22.2. The first-order chi connectivity index (χ1) is 14.8. The summed E-state index contributed by atoms with van der Waals surface area (Å²) in [6.45, 7) is 0. The number of nitrogens with zero attached hydrogens (tertiary/aromatic N) is 2. The van der Waals surface area contributed by atoms with Gasteiger partial charge >= 0.3 is 0 Å². The van der Waals surface area contributed by atoms with Crippen molar-refractivity contribution in [2.75, 3.05) is 18.2 Å². The van der Waals surface area contributed by atoms with Gasteiger partial charge < -0.3 is 15.8 Å². The number of hydrogen-bond acceptors (Lipinski definition) is 8. The second-order valence-corrected chi connectivity index (χ2v) is 11.5. The number of halogens is 1. The SMILES string of the molecule is COc1cccc(NC(=O)c2cc(Cl)c([C@@H]3CS(=O)(=O)C4(CCCCC4)C(N)=N3)s2)n1. The van der Waals surface area contributed by atoms with Crippen molar-refractivity contribution in [3.63, 3.8) is 0 Å². The van der Waals surface area contributed by atoms with Gasteiger partial charge in [0.2, 0.25) is 5.88 Å². The lowest BCUT2D eigenvalue weighted by Gasteiger charge is -2.40. The average Bonchev–Trinajstić information content (AvgIpc) is 3.14. The number of anilines is 1. The van der Waals surface area contributed by atoms with Gasteiger partial charge in [0.05, 0.1) is 22.8 Å². The molecule has 0 bridgehead atoms. The molecule has 1 aliphatic heterocycles. The summed E-state index contributed by atoms with van der Waals surface area (Å²) in [5, 5.41) is 2.99. The van der Waals surface area contributed by atoms with E-state index in [2.05, 4.69) is 15.3 Å². The predicted molar refractivity (Wildman–Crippen MR) is 122 cm³/mol. The van der Waals surface area contributed by atoms with Gasteiger partial charge in [-0.15, -0.1) is 11.3 Å². The number of hydrogen-bond donors (Lipinski definition) is 2. The zero-order valence-corrected chi connectivity index (χ0v) is 19.3. The predicted octanol–water partition coefficient (Wildman–Crippen LogP) is 3.59. The van der Waals surface area contributed by atoms with E-state index in [9.17, 15) is 13.2 Å². The van der Waals surface area contributed by atoms with Crippen LogP contribution in [0.2, 0.25) is 5.02 Å². The van der Waals surface area contributed by atoms with E-state index in [1.807, 2.05) is 0 Å². The molecule has 1 aliphatic carbocycles. The number of ether oxygens (including phenoxy) is 1. The standard InChI is InChI=1S/C20H23ClN4O4S2/c1-29-16-7-5-6-15(24-16)25-18(26)14-10-12(21)17(30-14)13-11-31(27,28)20(19(22)23-13)8-3-2-4-9-20/h5-7,10,13H,2-4,8-9,11H2,1H3,(H2,22,23)(H,24,25,26)/t13-/m0/s1. The first-order valence-corrected chi connectivity index (χ1v) is 12.8. The molecule has 4 rings (SSSR count). The first kappa shape index (κ1) is 22.0. The number of aliphatic imine (C=N–C) groups is 1. The van der Waals surface area contributed by atoms with Gasteiger partial charge in [0.25, 0.3) is 5.91 Å². The minimum atomic E-state index is -3.51. The summed E-state index contributed by atoms with van der Waals surface area (Å²) in [6, 6.07) is 5.81. The number of methoxy groups -OCH3 is 1. The second kappa shape index (κ2) is 8.40. The number of amides is 1. The Hall–Kier alpha value is -2.17. The highest BCUT2D eigenvalue weighted by Gasteiger charge is 2.51. The maximum atomic E-state index is 13.2. The highest BCUT2D eigenvalue weighted by atomic mass is 35.5. The lowest BCUT2D eigenvalue weighted by atomic mass is 9.87. The highest BCUT2D eigenvalue weighted by molar-refractivity contribution is 7.93. The summed E-state index contributed by atoms with van der Waals surface area (Å²) in [7, 11) is -2.02. The molecule has 0 radical (unpaired) electrons. The molecule has 31 heavy (non-hydrogen) atoms. The molecule has 3 N–H and O–H groups in total. The molecule has 166 valence electrons. The molecule has 0 aromatic carbocycles. The molecule has 2 aliphatic rings. The van der Waals surface area contributed by atoms with Crippen LogP contribution in [0.15, 0.2) is 29.3 Å². The summed E-state index contributed by atoms with van der Waals surface area (Å²) in [5.41, 5.74) is 6.23. The molecule has 1 fully saturated rings. The molecule has 3 heterocycles. The number of thiophene rings is 1. The molecular weight excluding hydrogens is 460 g/mol. The van der Waals surface area contributed by atoms with E-state index in [-0.39, 0.29) is 11.6 Å². The van der Waals surface area contributed by atoms with Crippen molar-refractivity contribution in [3.05, 3.63) is 39.0 Å². The Morgan fingerprint density at radius 2 is 2.06 bits per heavy atom. The number of pyridine rings is 1. The molecule has 0 saturated heterocycles. The number of aromatic nitrogens is 1. The Morgan fingerprint density at radius 1 is 1.32 bits per heavy atom. The topological polar surface area (TPSA) is 124 Å². The van der Waals surface area contributed by atoms with Crippen LogP contribution in [-0.4, -0.2) is 42.8 Å². The Bertz CT molecular complexity index is 1140. The van der Waals surface area contributed by atoms with Crippen LogP contribution in [-0.2, 0) is 9.84 Å². The van der Waals surface area contributed by atoms with Crippen molar-refractivity contribution in [2.24, 2.45) is 10.7 Å². The number of sulfone groups is 1. The number of carbonyl (C=O) groups is 1. The zero-order valence-electron chi connectivity index (χ0n) is 16.9. The van der Waals surface area contributed by atoms with Gasteiger partial charge in [-0.1, -0.05) is 36.9 Å². The lowest BCUT2D eigenvalue weighted by molar-refractivity contribution is 0.103. The molecule has 2 aromatic heterocycles. The van der Waals surface area contributed by atoms with Gasteiger partial charge in [0.1, 0.15) is 22.4 Å². The van der Waals surface area contributed by atoms with Gasteiger partial charge in [0, 0.05) is 10.9 Å². The molecule has 1 amide bonds. The van der Waals surface area contributed by atoms with Crippen LogP contribution in [0.3, 0.4) is 0 Å². The summed E-state index contributed by atoms with van der Waals surface area (Å²) in [5.74, 6) is 0.304. The van der Waals surface area contributed by atoms with Gasteiger partial charge in [0.15, 0.2) is 9.84 Å². The monoisotopic (exact) mass is 482 g/mol. The molecule has 11 heteroatoms. The number of carbonyl (C=O) groups excluding carboxylic acids is 1. The van der Waals surface area contributed by atoms with Crippen LogP contribution in [0.25, 0.3) is 0 Å². The van der Waals surface area contributed by atoms with Gasteiger partial charge in [-0.05, 0) is 25.0 Å². The first-order valence-electron chi connectivity index (χ1n) is 9.93. The second-order valence-electron chi connectivity index (χ2n) is 7.71. The van der Waals surface area contributed by atoms with Crippen LogP contribution in [0, 0.1) is 0 Å². The van der Waals surface area contributed by atoms with Crippen LogP contribution >= 0.6 is 22.9 Å². The van der Waals surface area contributed by atoms with Crippen molar-refractivity contribution in [3.8, 4) is 5.88 Å². The van der Waals surface area contributed by atoms with E-state index in [1.165, 1.54) is 13.2 Å². The Balaban J connectivity index is 1.59. The normalized spacial score (nSPS) is 22.0. The van der Waals surface area contributed by atoms with E-state index in [1.54, 1.807) is 18.2 Å². The molecule has 8 nitrogen and oxygen atoms in total. The van der Waals surface area contributed by atoms with E-state index in [0.29, 0.717) is 39.3 Å². The Morgan fingerprint density at radius 3 is 2.74 bits per heavy atom. The molecule has 2 aromatic rings. The minimum Gasteiger partial charge on any atom is -0.481 e. The number of rotatable bonds is 4. The number of nitrogens with two attached hydrogens (primary N) is 1. The fraction of sp³-hybridized carbons (Fsp3) is 0.450. The van der Waals surface area contributed by atoms with Crippen molar-refractivity contribution < 1.29 is 17.9 Å². The van der Waals surface area contributed by atoms with Crippen molar-refractivity contribution >= 4 is 50.3 Å². The smallest absolute Gasteiger partial charge is 0.266 e. The van der Waals surface area contributed by atoms with Gasteiger partial charge in [-0.2, -0.15) is 4.98 Å². The molecule has 1 atom stereocenters. The van der Waals surface area contributed by atoms with Crippen molar-refractivity contribution in [2.45, 2.75) is 42.9 Å². The summed E-state index contributed by atoms with van der Waals surface area (Å²) >= 11 is 7.49. The summed E-state index contributed by atoms with van der Waals surface area (Å²) < 4.78 is 30.4. The molecule has 0 unspecified atom stereocenters. The quantitative estimate of drug-likeness (QED) is 0.686. The minimum absolute atomic E-state index is 0.160.